The molecule has 0 fully saturated rings. The predicted molar refractivity (Wildman–Crippen MR) is 102 cm³/mol. The highest BCUT2D eigenvalue weighted by Crippen LogP contribution is 2.23. The van der Waals surface area contributed by atoms with Crippen LogP contribution < -0.4 is 10.6 Å². The number of halogens is 1. The van der Waals surface area contributed by atoms with Gasteiger partial charge in [0.2, 0.25) is 5.82 Å². The SMILES string of the molecule is C=CCNC(=O)c1nc(C(=O)Nc2cccc(Cl)c2C)n2ccccc12. The fraction of sp³-hybridized carbons (Fsp3) is 0.105. The van der Waals surface area contributed by atoms with Crippen molar-refractivity contribution in [1.82, 2.24) is 14.7 Å². The van der Waals surface area contributed by atoms with Crippen LogP contribution in [-0.2, 0) is 0 Å². The number of amides is 2. The number of fused-ring (bicyclic) bond motifs is 1. The Balaban J connectivity index is 1.99. The van der Waals surface area contributed by atoms with E-state index in [0.717, 1.165) is 5.56 Å². The van der Waals surface area contributed by atoms with Crippen molar-refractivity contribution in [3.8, 4) is 0 Å². The Kier molecular flexibility index (Phi) is 5.04. The molecule has 0 aliphatic carbocycles. The molecule has 2 aromatic heterocycles. The molecule has 0 radical (unpaired) electrons. The summed E-state index contributed by atoms with van der Waals surface area (Å²) in [6, 6.07) is 10.5. The molecule has 0 unspecified atom stereocenters. The first kappa shape index (κ1) is 17.7. The Bertz CT molecular complexity index is 1010. The van der Waals surface area contributed by atoms with E-state index in [1.807, 2.05) is 6.92 Å². The summed E-state index contributed by atoms with van der Waals surface area (Å²) in [7, 11) is 0. The molecule has 0 aliphatic rings. The summed E-state index contributed by atoms with van der Waals surface area (Å²) < 4.78 is 1.58. The maximum Gasteiger partial charge on any atom is 0.292 e. The number of carbonyl (C=O) groups is 2. The summed E-state index contributed by atoms with van der Waals surface area (Å²) in [5.41, 5.74) is 2.07. The van der Waals surface area contributed by atoms with Crippen LogP contribution in [-0.4, -0.2) is 27.7 Å². The quantitative estimate of drug-likeness (QED) is 0.677. The van der Waals surface area contributed by atoms with Gasteiger partial charge in [0.05, 0.1) is 5.52 Å². The third kappa shape index (κ3) is 3.32. The molecule has 2 N–H and O–H groups in total. The molecular weight excluding hydrogens is 352 g/mol. The fourth-order valence-corrected chi connectivity index (χ4v) is 2.71. The van der Waals surface area contributed by atoms with E-state index in [1.54, 1.807) is 53.1 Å². The molecule has 0 spiro atoms. The molecule has 0 aliphatic heterocycles. The number of carbonyl (C=O) groups excluding carboxylic acids is 2. The monoisotopic (exact) mass is 368 g/mol. The highest BCUT2D eigenvalue weighted by molar-refractivity contribution is 6.31. The first-order valence-corrected chi connectivity index (χ1v) is 8.33. The van der Waals surface area contributed by atoms with Gasteiger partial charge in [0, 0.05) is 23.5 Å². The molecule has 0 saturated heterocycles. The van der Waals surface area contributed by atoms with Crippen LogP contribution >= 0.6 is 11.6 Å². The van der Waals surface area contributed by atoms with E-state index in [4.69, 9.17) is 11.6 Å². The molecule has 3 aromatic rings. The standard InChI is InChI=1S/C19H17ClN4O2/c1-3-10-21-18(25)16-15-9-4-5-11-24(15)17(23-16)19(26)22-14-8-6-7-13(20)12(14)2/h3-9,11H,1,10H2,2H3,(H,21,25)(H,22,26). The second-order valence-corrected chi connectivity index (χ2v) is 6.01. The number of hydrogen-bond donors (Lipinski definition) is 2. The molecule has 26 heavy (non-hydrogen) atoms. The van der Waals surface area contributed by atoms with Crippen LogP contribution in [0.3, 0.4) is 0 Å². The van der Waals surface area contributed by atoms with Crippen molar-refractivity contribution in [2.75, 3.05) is 11.9 Å². The maximum absolute atomic E-state index is 12.8. The normalized spacial score (nSPS) is 10.5. The fourth-order valence-electron chi connectivity index (χ4n) is 2.53. The van der Waals surface area contributed by atoms with Gasteiger partial charge in [-0.1, -0.05) is 29.8 Å². The summed E-state index contributed by atoms with van der Waals surface area (Å²) in [4.78, 5) is 29.3. The Labute approximate surface area is 155 Å². The molecule has 2 amide bonds. The van der Waals surface area contributed by atoms with Crippen molar-refractivity contribution < 1.29 is 9.59 Å². The molecule has 0 atom stereocenters. The first-order chi connectivity index (χ1) is 12.5. The molecule has 6 nitrogen and oxygen atoms in total. The lowest BCUT2D eigenvalue weighted by Crippen LogP contribution is -2.24. The van der Waals surface area contributed by atoms with Crippen molar-refractivity contribution in [2.45, 2.75) is 6.92 Å². The number of anilines is 1. The van der Waals surface area contributed by atoms with Gasteiger partial charge in [0.25, 0.3) is 11.8 Å². The molecule has 0 saturated carbocycles. The van der Waals surface area contributed by atoms with Crippen LogP contribution in [0.1, 0.15) is 26.7 Å². The van der Waals surface area contributed by atoms with Crippen LogP contribution in [0.25, 0.3) is 5.52 Å². The number of pyridine rings is 1. The molecule has 7 heteroatoms. The Morgan fingerprint density at radius 2 is 2.04 bits per heavy atom. The van der Waals surface area contributed by atoms with Crippen molar-refractivity contribution in [2.24, 2.45) is 0 Å². The first-order valence-electron chi connectivity index (χ1n) is 7.95. The number of imidazole rings is 1. The lowest BCUT2D eigenvalue weighted by atomic mass is 10.2. The van der Waals surface area contributed by atoms with E-state index < -0.39 is 5.91 Å². The van der Waals surface area contributed by atoms with E-state index in [0.29, 0.717) is 22.8 Å². The molecular formula is C19H17ClN4O2. The number of nitrogens with one attached hydrogen (secondary N) is 2. The number of rotatable bonds is 5. The third-order valence-corrected chi connectivity index (χ3v) is 4.30. The average molecular weight is 369 g/mol. The molecule has 0 bridgehead atoms. The minimum absolute atomic E-state index is 0.115. The molecule has 132 valence electrons. The van der Waals surface area contributed by atoms with Crippen molar-refractivity contribution >= 4 is 34.6 Å². The smallest absolute Gasteiger partial charge is 0.292 e. The number of benzene rings is 1. The second-order valence-electron chi connectivity index (χ2n) is 5.61. The van der Waals surface area contributed by atoms with Crippen LogP contribution in [0.15, 0.2) is 55.3 Å². The predicted octanol–water partition coefficient (Wildman–Crippen LogP) is 3.46. The third-order valence-electron chi connectivity index (χ3n) is 3.89. The summed E-state index contributed by atoms with van der Waals surface area (Å²) >= 11 is 6.10. The van der Waals surface area contributed by atoms with E-state index in [1.165, 1.54) is 0 Å². The lowest BCUT2D eigenvalue weighted by molar-refractivity contribution is 0.0955. The Hall–Kier alpha value is -3.12. The van der Waals surface area contributed by atoms with Gasteiger partial charge in [-0.15, -0.1) is 6.58 Å². The molecule has 1 aromatic carbocycles. The van der Waals surface area contributed by atoms with Gasteiger partial charge < -0.3 is 10.6 Å². The van der Waals surface area contributed by atoms with E-state index >= 15 is 0 Å². The minimum atomic E-state index is -0.431. The van der Waals surface area contributed by atoms with Gasteiger partial charge in [-0.25, -0.2) is 4.98 Å². The lowest BCUT2D eigenvalue weighted by Gasteiger charge is -2.08. The summed E-state index contributed by atoms with van der Waals surface area (Å²) in [6.07, 6.45) is 3.26. The molecule has 2 heterocycles. The zero-order valence-corrected chi connectivity index (χ0v) is 14.9. The zero-order valence-electron chi connectivity index (χ0n) is 14.1. The largest absolute Gasteiger partial charge is 0.347 e. The van der Waals surface area contributed by atoms with Crippen LogP contribution in [0, 0.1) is 6.92 Å². The van der Waals surface area contributed by atoms with Gasteiger partial charge in [-0.2, -0.15) is 0 Å². The highest BCUT2D eigenvalue weighted by atomic mass is 35.5. The van der Waals surface area contributed by atoms with Crippen molar-refractivity contribution in [1.29, 1.82) is 0 Å². The number of hydrogen-bond acceptors (Lipinski definition) is 3. The van der Waals surface area contributed by atoms with Crippen molar-refractivity contribution in [3.05, 3.63) is 77.4 Å². The maximum atomic E-state index is 12.8. The summed E-state index contributed by atoms with van der Waals surface area (Å²) in [6.45, 7) is 5.70. The van der Waals surface area contributed by atoms with Crippen molar-refractivity contribution in [3.63, 3.8) is 0 Å². The number of nitrogens with zero attached hydrogens (tertiary/aromatic N) is 2. The van der Waals surface area contributed by atoms with Crippen LogP contribution in [0.5, 0.6) is 0 Å². The van der Waals surface area contributed by atoms with Gasteiger partial charge in [-0.3, -0.25) is 14.0 Å². The van der Waals surface area contributed by atoms with E-state index in [9.17, 15) is 9.59 Å². The summed E-state index contributed by atoms with van der Waals surface area (Å²) in [5.74, 6) is -0.686. The Morgan fingerprint density at radius 1 is 1.23 bits per heavy atom. The second kappa shape index (κ2) is 7.41. The topological polar surface area (TPSA) is 75.5 Å². The van der Waals surface area contributed by atoms with E-state index in [2.05, 4.69) is 22.2 Å². The van der Waals surface area contributed by atoms with Gasteiger partial charge in [0.15, 0.2) is 5.69 Å². The van der Waals surface area contributed by atoms with Crippen LogP contribution in [0.4, 0.5) is 5.69 Å². The molecule has 3 rings (SSSR count). The highest BCUT2D eigenvalue weighted by Gasteiger charge is 2.21. The van der Waals surface area contributed by atoms with Gasteiger partial charge >= 0.3 is 0 Å². The van der Waals surface area contributed by atoms with E-state index in [-0.39, 0.29) is 17.4 Å². The van der Waals surface area contributed by atoms with Gasteiger partial charge in [-0.05, 0) is 36.8 Å². The zero-order chi connectivity index (χ0) is 18.7. The minimum Gasteiger partial charge on any atom is -0.347 e. The van der Waals surface area contributed by atoms with Crippen LogP contribution in [0.2, 0.25) is 5.02 Å². The average Bonchev–Trinajstić information content (AvgIpc) is 3.03. The van der Waals surface area contributed by atoms with Gasteiger partial charge in [0.1, 0.15) is 0 Å². The number of aromatic nitrogens is 2. The Morgan fingerprint density at radius 3 is 2.81 bits per heavy atom. The summed E-state index contributed by atoms with van der Waals surface area (Å²) in [5, 5.41) is 6.03.